The highest BCUT2D eigenvalue weighted by molar-refractivity contribution is 6.03. The van der Waals surface area contributed by atoms with Crippen LogP contribution in [0.2, 0.25) is 0 Å². The molecule has 0 heterocycles. The Labute approximate surface area is 210 Å². The Balaban J connectivity index is 1.43. The molecule has 0 fully saturated rings. The Bertz CT molecular complexity index is 1870. The van der Waals surface area contributed by atoms with Crippen molar-refractivity contribution in [2.24, 2.45) is 0 Å². The number of fused-ring (bicyclic) bond motifs is 15. The summed E-state index contributed by atoms with van der Waals surface area (Å²) in [6, 6.07) is 45.7. The first-order valence-electron chi connectivity index (χ1n) is 12.8. The van der Waals surface area contributed by atoms with Gasteiger partial charge in [-0.25, -0.2) is 0 Å². The maximum Gasteiger partial charge on any atom is 0.0725 e. The van der Waals surface area contributed by atoms with Crippen molar-refractivity contribution in [1.29, 1.82) is 0 Å². The zero-order chi connectivity index (χ0) is 23.4. The van der Waals surface area contributed by atoms with E-state index in [0.717, 1.165) is 6.42 Å². The van der Waals surface area contributed by atoms with Gasteiger partial charge in [-0.3, -0.25) is 0 Å². The van der Waals surface area contributed by atoms with E-state index < -0.39 is 0 Å². The molecule has 0 aromatic heterocycles. The minimum absolute atomic E-state index is 0.259. The molecule has 6 aromatic rings. The molecule has 0 heteroatoms. The number of hydrogen-bond acceptors (Lipinski definition) is 0. The number of benzene rings is 6. The summed E-state index contributed by atoms with van der Waals surface area (Å²) in [6.07, 6.45) is 0.999. The summed E-state index contributed by atoms with van der Waals surface area (Å²) in [4.78, 5) is 0. The van der Waals surface area contributed by atoms with Crippen LogP contribution in [0.3, 0.4) is 0 Å². The molecule has 0 aliphatic heterocycles. The summed E-state index contributed by atoms with van der Waals surface area (Å²) in [5.41, 5.74) is 16.7. The monoisotopic (exact) mass is 454 g/mol. The molecular weight excluding hydrogens is 432 g/mol. The van der Waals surface area contributed by atoms with Crippen LogP contribution in [-0.4, -0.2) is 0 Å². The lowest BCUT2D eigenvalue weighted by molar-refractivity contribution is 0.792. The first kappa shape index (κ1) is 18.9. The van der Waals surface area contributed by atoms with E-state index in [1.807, 2.05) is 0 Å². The van der Waals surface area contributed by atoms with Gasteiger partial charge in [0.1, 0.15) is 0 Å². The molecule has 0 N–H and O–H groups in total. The van der Waals surface area contributed by atoms with Gasteiger partial charge in [-0.15, -0.1) is 0 Å². The molecule has 3 aliphatic carbocycles. The lowest BCUT2D eigenvalue weighted by Crippen LogP contribution is -2.26. The minimum Gasteiger partial charge on any atom is -0.0619 e. The third-order valence-electron chi connectivity index (χ3n) is 8.89. The maximum absolute atomic E-state index is 2.55. The van der Waals surface area contributed by atoms with Crippen LogP contribution in [0.1, 0.15) is 33.4 Å². The van der Waals surface area contributed by atoms with Crippen molar-refractivity contribution in [1.82, 2.24) is 0 Å². The minimum atomic E-state index is -0.259. The van der Waals surface area contributed by atoms with Crippen molar-refractivity contribution in [3.05, 3.63) is 155 Å². The molecule has 0 saturated carbocycles. The standard InChI is InChI=1S/C36H22/c1-2-10-25-22(9-1)17-18-23-19-24-20-34-30(21-29(24)35(23)25)28-13-5-8-16-33(28)36(34)31-14-6-3-11-26(31)27-12-4-7-15-32(27)36/h1-18,20-21H,19H2. The van der Waals surface area contributed by atoms with E-state index in [2.05, 4.69) is 121 Å². The molecule has 9 rings (SSSR count). The van der Waals surface area contributed by atoms with E-state index in [9.17, 15) is 0 Å². The quantitative estimate of drug-likeness (QED) is 0.215. The fourth-order valence-electron chi connectivity index (χ4n) is 7.55. The normalized spacial score (nSPS) is 14.8. The Morgan fingerprint density at radius 3 is 1.69 bits per heavy atom. The van der Waals surface area contributed by atoms with Gasteiger partial charge in [-0.2, -0.15) is 0 Å². The van der Waals surface area contributed by atoms with E-state index in [1.165, 1.54) is 77.5 Å². The van der Waals surface area contributed by atoms with Crippen molar-refractivity contribution in [2.75, 3.05) is 0 Å². The van der Waals surface area contributed by atoms with E-state index in [0.29, 0.717) is 0 Å². The van der Waals surface area contributed by atoms with Gasteiger partial charge in [0, 0.05) is 0 Å². The zero-order valence-electron chi connectivity index (χ0n) is 19.8. The molecule has 6 aromatic carbocycles. The molecule has 0 nitrogen and oxygen atoms in total. The van der Waals surface area contributed by atoms with E-state index in [1.54, 1.807) is 0 Å². The lowest BCUT2D eigenvalue weighted by atomic mass is 9.70. The van der Waals surface area contributed by atoms with Crippen LogP contribution in [0.25, 0.3) is 44.2 Å². The Kier molecular flexibility index (Phi) is 3.36. The van der Waals surface area contributed by atoms with Crippen molar-refractivity contribution in [2.45, 2.75) is 11.8 Å². The van der Waals surface area contributed by atoms with Crippen LogP contribution in [0, 0.1) is 0 Å². The smallest absolute Gasteiger partial charge is 0.0619 e. The third kappa shape index (κ3) is 2.05. The Morgan fingerprint density at radius 2 is 1.00 bits per heavy atom. The van der Waals surface area contributed by atoms with E-state index >= 15 is 0 Å². The van der Waals surface area contributed by atoms with Gasteiger partial charge in [0.25, 0.3) is 0 Å². The summed E-state index contributed by atoms with van der Waals surface area (Å²) in [5, 5.41) is 2.69. The topological polar surface area (TPSA) is 0 Å². The molecule has 36 heavy (non-hydrogen) atoms. The van der Waals surface area contributed by atoms with Crippen molar-refractivity contribution in [3.8, 4) is 33.4 Å². The molecule has 0 amide bonds. The first-order valence-corrected chi connectivity index (χ1v) is 12.8. The molecule has 0 saturated heterocycles. The number of rotatable bonds is 0. The molecule has 3 aliphatic rings. The summed E-state index contributed by atoms with van der Waals surface area (Å²) in [6.45, 7) is 0. The second-order valence-electron chi connectivity index (χ2n) is 10.4. The number of hydrogen-bond donors (Lipinski definition) is 0. The van der Waals surface area contributed by atoms with Crippen molar-refractivity contribution >= 4 is 10.8 Å². The maximum atomic E-state index is 2.55. The highest BCUT2D eigenvalue weighted by Gasteiger charge is 2.51. The molecule has 0 unspecified atom stereocenters. The average molecular weight is 455 g/mol. The van der Waals surface area contributed by atoms with Gasteiger partial charge in [0.15, 0.2) is 0 Å². The van der Waals surface area contributed by atoms with Gasteiger partial charge in [-0.05, 0) is 90.0 Å². The zero-order valence-corrected chi connectivity index (χ0v) is 19.8. The second kappa shape index (κ2) is 6.42. The second-order valence-corrected chi connectivity index (χ2v) is 10.4. The van der Waals surface area contributed by atoms with E-state index in [4.69, 9.17) is 0 Å². The van der Waals surface area contributed by atoms with Crippen LogP contribution >= 0.6 is 0 Å². The predicted molar refractivity (Wildman–Crippen MR) is 148 cm³/mol. The predicted octanol–water partition coefficient (Wildman–Crippen LogP) is 8.75. The summed E-state index contributed by atoms with van der Waals surface area (Å²) in [5.74, 6) is 0. The average Bonchev–Trinajstić information content (AvgIpc) is 3.55. The van der Waals surface area contributed by atoms with Crippen molar-refractivity contribution < 1.29 is 0 Å². The molecule has 166 valence electrons. The van der Waals surface area contributed by atoms with Crippen LogP contribution in [0.5, 0.6) is 0 Å². The van der Waals surface area contributed by atoms with Gasteiger partial charge in [0.2, 0.25) is 0 Å². The highest BCUT2D eigenvalue weighted by atomic mass is 14.5. The van der Waals surface area contributed by atoms with Crippen LogP contribution in [-0.2, 0) is 11.8 Å². The SMILES string of the molecule is c1ccc2c(c1)-c1ccccc1C21c2ccccc2-c2cc3c(cc21)Cc1ccc2ccccc2c1-3. The lowest BCUT2D eigenvalue weighted by Gasteiger charge is -2.30. The fraction of sp³-hybridized carbons (Fsp3) is 0.0556. The fourth-order valence-corrected chi connectivity index (χ4v) is 7.55. The van der Waals surface area contributed by atoms with Crippen LogP contribution < -0.4 is 0 Å². The molecule has 0 bridgehead atoms. The van der Waals surface area contributed by atoms with Crippen LogP contribution in [0.4, 0.5) is 0 Å². The van der Waals surface area contributed by atoms with Gasteiger partial charge in [-0.1, -0.05) is 115 Å². The Hall–Kier alpha value is -4.42. The summed E-state index contributed by atoms with van der Waals surface area (Å²) >= 11 is 0. The highest BCUT2D eigenvalue weighted by Crippen LogP contribution is 2.63. The van der Waals surface area contributed by atoms with Crippen molar-refractivity contribution in [3.63, 3.8) is 0 Å². The van der Waals surface area contributed by atoms with Crippen LogP contribution in [0.15, 0.2) is 121 Å². The summed E-state index contributed by atoms with van der Waals surface area (Å²) < 4.78 is 0. The molecule has 1 spiro atoms. The van der Waals surface area contributed by atoms with E-state index in [-0.39, 0.29) is 5.41 Å². The molecule has 0 radical (unpaired) electrons. The van der Waals surface area contributed by atoms with Gasteiger partial charge >= 0.3 is 0 Å². The first-order chi connectivity index (χ1) is 17.9. The molecular formula is C36H22. The summed E-state index contributed by atoms with van der Waals surface area (Å²) in [7, 11) is 0. The Morgan fingerprint density at radius 1 is 0.417 bits per heavy atom. The molecule has 0 atom stereocenters. The largest absolute Gasteiger partial charge is 0.0725 e. The van der Waals surface area contributed by atoms with Gasteiger partial charge in [0.05, 0.1) is 5.41 Å². The third-order valence-corrected chi connectivity index (χ3v) is 8.89. The van der Waals surface area contributed by atoms with Gasteiger partial charge < -0.3 is 0 Å².